The summed E-state index contributed by atoms with van der Waals surface area (Å²) in [4.78, 5) is 2.07. The average molecular weight is 174 g/mol. The van der Waals surface area contributed by atoms with Crippen LogP contribution in [0.2, 0.25) is 0 Å². The fourth-order valence-corrected chi connectivity index (χ4v) is 1.75. The summed E-state index contributed by atoms with van der Waals surface area (Å²) >= 11 is 0. The number of hydrogen-bond donors (Lipinski definition) is 3. The minimum absolute atomic E-state index is 0.165. The molecular formula is C8H18N2O2. The van der Waals surface area contributed by atoms with Crippen molar-refractivity contribution in [2.24, 2.45) is 5.73 Å². The lowest BCUT2D eigenvalue weighted by Gasteiger charge is -2.22. The molecule has 72 valence electrons. The zero-order chi connectivity index (χ0) is 9.03. The van der Waals surface area contributed by atoms with Gasteiger partial charge in [-0.15, -0.1) is 0 Å². The average Bonchev–Trinajstić information content (AvgIpc) is 2.34. The van der Waals surface area contributed by atoms with E-state index in [0.29, 0.717) is 26.1 Å². The van der Waals surface area contributed by atoms with Gasteiger partial charge in [-0.05, 0) is 19.4 Å². The highest BCUT2D eigenvalue weighted by molar-refractivity contribution is 4.89. The molecule has 0 aromatic rings. The summed E-state index contributed by atoms with van der Waals surface area (Å²) in [5.74, 6) is 0. The first-order valence-electron chi connectivity index (χ1n) is 4.46. The third kappa shape index (κ3) is 2.42. The maximum Gasteiger partial charge on any atom is 0.0798 e. The standard InChI is InChI=1S/C8H18N2O2/c9-3-1-8(12)2-4-10(7-8)5-6-11/h11-12H,1-7,9H2. The van der Waals surface area contributed by atoms with Gasteiger partial charge in [-0.3, -0.25) is 4.90 Å². The second-order valence-electron chi connectivity index (χ2n) is 3.51. The van der Waals surface area contributed by atoms with Crippen molar-refractivity contribution >= 4 is 0 Å². The Bertz CT molecular complexity index is 143. The molecule has 0 saturated carbocycles. The van der Waals surface area contributed by atoms with Crippen LogP contribution < -0.4 is 5.73 Å². The molecule has 12 heavy (non-hydrogen) atoms. The Kier molecular flexibility index (Phi) is 3.46. The van der Waals surface area contributed by atoms with E-state index >= 15 is 0 Å². The van der Waals surface area contributed by atoms with Gasteiger partial charge in [0.1, 0.15) is 0 Å². The van der Waals surface area contributed by atoms with Crippen molar-refractivity contribution in [1.82, 2.24) is 4.90 Å². The zero-order valence-corrected chi connectivity index (χ0v) is 7.37. The van der Waals surface area contributed by atoms with Crippen molar-refractivity contribution in [3.63, 3.8) is 0 Å². The Morgan fingerprint density at radius 1 is 1.50 bits per heavy atom. The zero-order valence-electron chi connectivity index (χ0n) is 7.37. The van der Waals surface area contributed by atoms with E-state index in [9.17, 15) is 5.11 Å². The number of β-amino-alcohol motifs (C(OH)–C–C–N with tert-alkyl or cyclic N) is 2. The van der Waals surface area contributed by atoms with Crippen LogP contribution in [0.15, 0.2) is 0 Å². The van der Waals surface area contributed by atoms with Gasteiger partial charge in [-0.1, -0.05) is 0 Å². The molecule has 1 aliphatic heterocycles. The number of aliphatic hydroxyl groups is 2. The summed E-state index contributed by atoms with van der Waals surface area (Å²) in [7, 11) is 0. The summed E-state index contributed by atoms with van der Waals surface area (Å²) in [6.45, 7) is 2.89. The molecule has 0 aromatic carbocycles. The van der Waals surface area contributed by atoms with Crippen LogP contribution in [0.25, 0.3) is 0 Å². The second kappa shape index (κ2) is 4.18. The van der Waals surface area contributed by atoms with E-state index in [4.69, 9.17) is 10.8 Å². The monoisotopic (exact) mass is 174 g/mol. The molecule has 1 unspecified atom stereocenters. The smallest absolute Gasteiger partial charge is 0.0798 e. The Morgan fingerprint density at radius 3 is 2.83 bits per heavy atom. The summed E-state index contributed by atoms with van der Waals surface area (Å²) in [5.41, 5.74) is 4.79. The second-order valence-corrected chi connectivity index (χ2v) is 3.51. The summed E-state index contributed by atoms with van der Waals surface area (Å²) in [5, 5.41) is 18.6. The molecule has 1 rings (SSSR count). The Labute approximate surface area is 73.0 Å². The fraction of sp³-hybridized carbons (Fsp3) is 1.00. The predicted molar refractivity (Wildman–Crippen MR) is 46.8 cm³/mol. The Hall–Kier alpha value is -0.160. The summed E-state index contributed by atoms with van der Waals surface area (Å²) in [6.07, 6.45) is 1.44. The van der Waals surface area contributed by atoms with Crippen LogP contribution in [0.3, 0.4) is 0 Å². The lowest BCUT2D eigenvalue weighted by Crippen LogP contribution is -2.36. The van der Waals surface area contributed by atoms with E-state index in [2.05, 4.69) is 4.90 Å². The number of aliphatic hydroxyl groups excluding tert-OH is 1. The Morgan fingerprint density at radius 2 is 2.25 bits per heavy atom. The highest BCUT2D eigenvalue weighted by atomic mass is 16.3. The number of rotatable bonds is 4. The van der Waals surface area contributed by atoms with Gasteiger partial charge < -0.3 is 15.9 Å². The highest BCUT2D eigenvalue weighted by Crippen LogP contribution is 2.23. The van der Waals surface area contributed by atoms with Gasteiger partial charge in [0.05, 0.1) is 12.2 Å². The van der Waals surface area contributed by atoms with Crippen molar-refractivity contribution < 1.29 is 10.2 Å². The molecule has 4 N–H and O–H groups in total. The predicted octanol–water partition coefficient (Wildman–Crippen LogP) is -1.24. The van der Waals surface area contributed by atoms with Crippen LogP contribution in [0.5, 0.6) is 0 Å². The van der Waals surface area contributed by atoms with E-state index in [1.54, 1.807) is 0 Å². The van der Waals surface area contributed by atoms with Gasteiger partial charge in [0.2, 0.25) is 0 Å². The van der Waals surface area contributed by atoms with Crippen LogP contribution >= 0.6 is 0 Å². The molecular weight excluding hydrogens is 156 g/mol. The summed E-state index contributed by atoms with van der Waals surface area (Å²) in [6, 6.07) is 0. The SMILES string of the molecule is NCCC1(O)CCN(CCO)C1. The van der Waals surface area contributed by atoms with E-state index in [0.717, 1.165) is 13.0 Å². The van der Waals surface area contributed by atoms with Crippen LogP contribution in [0, 0.1) is 0 Å². The van der Waals surface area contributed by atoms with Crippen molar-refractivity contribution in [1.29, 1.82) is 0 Å². The first-order chi connectivity index (χ1) is 5.70. The van der Waals surface area contributed by atoms with E-state index in [1.165, 1.54) is 0 Å². The maximum atomic E-state index is 9.88. The molecule has 1 saturated heterocycles. The normalized spacial score (nSPS) is 31.2. The molecule has 0 bridgehead atoms. The first kappa shape index (κ1) is 9.92. The van der Waals surface area contributed by atoms with E-state index < -0.39 is 5.60 Å². The number of likely N-dealkylation sites (tertiary alicyclic amines) is 1. The van der Waals surface area contributed by atoms with Gasteiger partial charge in [-0.25, -0.2) is 0 Å². The van der Waals surface area contributed by atoms with Crippen LogP contribution in [-0.2, 0) is 0 Å². The number of hydrogen-bond acceptors (Lipinski definition) is 4. The molecule has 1 fully saturated rings. The molecule has 0 aliphatic carbocycles. The molecule has 1 atom stereocenters. The molecule has 1 heterocycles. The minimum atomic E-state index is -0.593. The van der Waals surface area contributed by atoms with Crippen LogP contribution in [0.4, 0.5) is 0 Å². The molecule has 0 amide bonds. The topological polar surface area (TPSA) is 69.7 Å². The molecule has 0 aromatic heterocycles. The van der Waals surface area contributed by atoms with Crippen LogP contribution in [-0.4, -0.2) is 53.5 Å². The highest BCUT2D eigenvalue weighted by Gasteiger charge is 2.34. The molecule has 0 spiro atoms. The quantitative estimate of drug-likeness (QED) is 0.499. The van der Waals surface area contributed by atoms with E-state index in [-0.39, 0.29) is 6.61 Å². The molecule has 0 radical (unpaired) electrons. The minimum Gasteiger partial charge on any atom is -0.395 e. The van der Waals surface area contributed by atoms with Gasteiger partial charge in [0.15, 0.2) is 0 Å². The van der Waals surface area contributed by atoms with Gasteiger partial charge >= 0.3 is 0 Å². The summed E-state index contributed by atoms with van der Waals surface area (Å²) < 4.78 is 0. The molecule has 1 aliphatic rings. The largest absolute Gasteiger partial charge is 0.395 e. The van der Waals surface area contributed by atoms with Gasteiger partial charge in [-0.2, -0.15) is 0 Å². The first-order valence-corrected chi connectivity index (χ1v) is 4.46. The number of nitrogens with zero attached hydrogens (tertiary/aromatic N) is 1. The maximum absolute atomic E-state index is 9.88. The van der Waals surface area contributed by atoms with Crippen molar-refractivity contribution in [2.45, 2.75) is 18.4 Å². The van der Waals surface area contributed by atoms with Gasteiger partial charge in [0, 0.05) is 19.6 Å². The lowest BCUT2D eigenvalue weighted by atomic mass is 9.99. The van der Waals surface area contributed by atoms with Crippen molar-refractivity contribution in [2.75, 3.05) is 32.8 Å². The van der Waals surface area contributed by atoms with Crippen LogP contribution in [0.1, 0.15) is 12.8 Å². The number of nitrogens with two attached hydrogens (primary N) is 1. The van der Waals surface area contributed by atoms with E-state index in [1.807, 2.05) is 0 Å². The molecule has 4 heteroatoms. The lowest BCUT2D eigenvalue weighted by molar-refractivity contribution is 0.0414. The van der Waals surface area contributed by atoms with Crippen molar-refractivity contribution in [3.8, 4) is 0 Å². The fourth-order valence-electron chi connectivity index (χ4n) is 1.75. The van der Waals surface area contributed by atoms with Gasteiger partial charge in [0.25, 0.3) is 0 Å². The Balaban J connectivity index is 2.32. The third-order valence-corrected chi connectivity index (χ3v) is 2.44. The van der Waals surface area contributed by atoms with Crippen molar-refractivity contribution in [3.05, 3.63) is 0 Å². The third-order valence-electron chi connectivity index (χ3n) is 2.44. The molecule has 4 nitrogen and oxygen atoms in total.